The van der Waals surface area contributed by atoms with Crippen LogP contribution in [0.3, 0.4) is 0 Å². The number of ether oxygens (including phenoxy) is 2. The van der Waals surface area contributed by atoms with E-state index in [0.717, 1.165) is 19.3 Å². The minimum absolute atomic E-state index is 0.111. The molecule has 1 aliphatic carbocycles. The molecular weight excluding hydrogens is 367 g/mol. The predicted octanol–water partition coefficient (Wildman–Crippen LogP) is 5.45. The Kier molecular flexibility index (Phi) is 7.43. The van der Waals surface area contributed by atoms with Gasteiger partial charge >= 0.3 is 7.82 Å². The molecule has 7 heteroatoms. The average Bonchev–Trinajstić information content (AvgIpc) is 2.61. The standard InChI is InChI=1S/C20H37O6P/c1-6-18-15(4)16(5)19(20(23-18)22-17-10-8-7-9-11-17)26-27(21)24-13(2)12-14(3)25-27/h13-20H,6-12H2,1-5H3/t13-,14-,15?,16?,18?,19?,20?/m1/s1. The normalized spacial score (nSPS) is 47.1. The fourth-order valence-electron chi connectivity index (χ4n) is 4.59. The van der Waals surface area contributed by atoms with E-state index >= 15 is 0 Å². The minimum atomic E-state index is -3.64. The molecule has 2 aliphatic heterocycles. The zero-order chi connectivity index (χ0) is 19.6. The Hall–Kier alpha value is 0.0300. The lowest BCUT2D eigenvalue weighted by Gasteiger charge is -2.46. The van der Waals surface area contributed by atoms with Crippen LogP contribution in [0.5, 0.6) is 0 Å². The van der Waals surface area contributed by atoms with Crippen molar-refractivity contribution in [2.45, 2.75) is 116 Å². The van der Waals surface area contributed by atoms with Gasteiger partial charge in [-0.15, -0.1) is 0 Å². The first-order chi connectivity index (χ1) is 12.8. The van der Waals surface area contributed by atoms with Crippen molar-refractivity contribution >= 4 is 7.82 Å². The molecule has 0 spiro atoms. The van der Waals surface area contributed by atoms with Crippen molar-refractivity contribution in [3.8, 4) is 0 Å². The Morgan fingerprint density at radius 1 is 0.963 bits per heavy atom. The molecule has 5 unspecified atom stereocenters. The second-order valence-corrected chi connectivity index (χ2v) is 10.2. The quantitative estimate of drug-likeness (QED) is 0.568. The average molecular weight is 404 g/mol. The summed E-state index contributed by atoms with van der Waals surface area (Å²) in [7, 11) is -3.64. The van der Waals surface area contributed by atoms with Crippen molar-refractivity contribution in [2.75, 3.05) is 0 Å². The lowest BCUT2D eigenvalue weighted by molar-refractivity contribution is -0.284. The molecule has 27 heavy (non-hydrogen) atoms. The van der Waals surface area contributed by atoms with Gasteiger partial charge in [-0.05, 0) is 44.9 Å². The molecule has 1 saturated carbocycles. The van der Waals surface area contributed by atoms with Gasteiger partial charge in [0.25, 0.3) is 0 Å². The van der Waals surface area contributed by atoms with E-state index in [1.54, 1.807) is 0 Å². The second kappa shape index (κ2) is 9.23. The lowest BCUT2D eigenvalue weighted by atomic mass is 9.82. The summed E-state index contributed by atoms with van der Waals surface area (Å²) in [5.41, 5.74) is 0. The summed E-state index contributed by atoms with van der Waals surface area (Å²) in [5, 5.41) is 0. The van der Waals surface area contributed by atoms with E-state index in [-0.39, 0.29) is 36.3 Å². The highest BCUT2D eigenvalue weighted by Gasteiger charge is 2.49. The molecule has 2 saturated heterocycles. The van der Waals surface area contributed by atoms with Gasteiger partial charge in [0.15, 0.2) is 6.29 Å². The number of rotatable bonds is 5. The third kappa shape index (κ3) is 5.34. The lowest BCUT2D eigenvalue weighted by Crippen LogP contribution is -2.52. The molecule has 158 valence electrons. The van der Waals surface area contributed by atoms with Crippen LogP contribution >= 0.6 is 7.82 Å². The Bertz CT molecular complexity index is 509. The van der Waals surface area contributed by atoms with Gasteiger partial charge in [0.2, 0.25) is 0 Å². The SMILES string of the molecule is CCC1OC(OC2CCCCC2)C(OP2(=O)O[C@H](C)C[C@@H](C)O2)C(C)C1C. The Labute approximate surface area is 164 Å². The van der Waals surface area contributed by atoms with Gasteiger partial charge in [-0.1, -0.05) is 40.0 Å². The molecule has 0 bridgehead atoms. The maximum atomic E-state index is 13.2. The highest BCUT2D eigenvalue weighted by atomic mass is 31.2. The molecule has 7 atom stereocenters. The monoisotopic (exact) mass is 404 g/mol. The minimum Gasteiger partial charge on any atom is -0.347 e. The summed E-state index contributed by atoms with van der Waals surface area (Å²) in [5.74, 6) is 0.403. The van der Waals surface area contributed by atoms with Gasteiger partial charge in [-0.3, -0.25) is 13.6 Å². The van der Waals surface area contributed by atoms with Gasteiger partial charge in [-0.25, -0.2) is 4.57 Å². The van der Waals surface area contributed by atoms with Crippen molar-refractivity contribution in [2.24, 2.45) is 11.8 Å². The van der Waals surface area contributed by atoms with Gasteiger partial charge in [0.05, 0.1) is 24.4 Å². The summed E-state index contributed by atoms with van der Waals surface area (Å²) in [6, 6.07) is 0. The molecule has 0 aromatic heterocycles. The van der Waals surface area contributed by atoms with Crippen LogP contribution < -0.4 is 0 Å². The molecule has 3 rings (SSSR count). The van der Waals surface area contributed by atoms with Gasteiger partial charge < -0.3 is 9.47 Å². The largest absolute Gasteiger partial charge is 0.475 e. The highest BCUT2D eigenvalue weighted by molar-refractivity contribution is 7.48. The van der Waals surface area contributed by atoms with Crippen LogP contribution in [0.25, 0.3) is 0 Å². The van der Waals surface area contributed by atoms with Gasteiger partial charge in [0, 0.05) is 6.42 Å². The molecule has 0 N–H and O–H groups in total. The summed E-state index contributed by atoms with van der Waals surface area (Å²) in [6.45, 7) is 10.2. The van der Waals surface area contributed by atoms with Gasteiger partial charge in [0.1, 0.15) is 6.10 Å². The molecule has 0 amide bonds. The van der Waals surface area contributed by atoms with Crippen molar-refractivity contribution in [1.29, 1.82) is 0 Å². The third-order valence-corrected chi connectivity index (χ3v) is 8.06. The van der Waals surface area contributed by atoms with E-state index in [0.29, 0.717) is 6.42 Å². The first kappa shape index (κ1) is 21.7. The van der Waals surface area contributed by atoms with Crippen molar-refractivity contribution in [3.05, 3.63) is 0 Å². The topological polar surface area (TPSA) is 63.2 Å². The first-order valence-corrected chi connectivity index (χ1v) is 12.2. The van der Waals surface area contributed by atoms with Crippen LogP contribution in [0.2, 0.25) is 0 Å². The maximum absolute atomic E-state index is 13.2. The zero-order valence-electron chi connectivity index (χ0n) is 17.5. The van der Waals surface area contributed by atoms with Gasteiger partial charge in [-0.2, -0.15) is 0 Å². The molecular formula is C20H37O6P. The van der Waals surface area contributed by atoms with Crippen molar-refractivity contribution in [3.63, 3.8) is 0 Å². The first-order valence-electron chi connectivity index (χ1n) is 10.8. The second-order valence-electron chi connectivity index (χ2n) is 8.65. The van der Waals surface area contributed by atoms with Crippen LogP contribution in [0.1, 0.15) is 79.6 Å². The van der Waals surface area contributed by atoms with Crippen LogP contribution in [0.4, 0.5) is 0 Å². The summed E-state index contributed by atoms with van der Waals surface area (Å²) >= 11 is 0. The van der Waals surface area contributed by atoms with E-state index in [1.165, 1.54) is 19.3 Å². The molecule has 0 radical (unpaired) electrons. The fraction of sp³-hybridized carbons (Fsp3) is 1.00. The Balaban J connectivity index is 1.75. The predicted molar refractivity (Wildman–Crippen MR) is 103 cm³/mol. The summed E-state index contributed by atoms with van der Waals surface area (Å²) in [4.78, 5) is 0. The zero-order valence-corrected chi connectivity index (χ0v) is 18.4. The number of hydrogen-bond donors (Lipinski definition) is 0. The fourth-order valence-corrected chi connectivity index (χ4v) is 6.38. The molecule has 3 fully saturated rings. The molecule has 2 heterocycles. The summed E-state index contributed by atoms with van der Waals surface area (Å²) in [6.07, 6.45) is 6.35. The van der Waals surface area contributed by atoms with Crippen LogP contribution in [0, 0.1) is 11.8 Å². The molecule has 0 aromatic rings. The number of phosphoric ester groups is 1. The third-order valence-electron chi connectivity index (χ3n) is 6.33. The smallest absolute Gasteiger partial charge is 0.347 e. The van der Waals surface area contributed by atoms with E-state index in [1.807, 2.05) is 13.8 Å². The van der Waals surface area contributed by atoms with Crippen molar-refractivity contribution in [1.82, 2.24) is 0 Å². The maximum Gasteiger partial charge on any atom is 0.475 e. The molecule has 0 aromatic carbocycles. The molecule has 6 nitrogen and oxygen atoms in total. The van der Waals surface area contributed by atoms with E-state index in [2.05, 4.69) is 20.8 Å². The van der Waals surface area contributed by atoms with E-state index in [9.17, 15) is 4.57 Å². The van der Waals surface area contributed by atoms with Crippen LogP contribution in [-0.2, 0) is 27.6 Å². The Morgan fingerprint density at radius 2 is 1.59 bits per heavy atom. The van der Waals surface area contributed by atoms with Crippen LogP contribution in [-0.4, -0.2) is 36.8 Å². The highest BCUT2D eigenvalue weighted by Crippen LogP contribution is 2.58. The number of hydrogen-bond acceptors (Lipinski definition) is 6. The summed E-state index contributed by atoms with van der Waals surface area (Å²) < 4.78 is 43.1. The van der Waals surface area contributed by atoms with Crippen molar-refractivity contribution < 1.29 is 27.6 Å². The molecule has 3 aliphatic rings. The number of phosphoric acid groups is 1. The van der Waals surface area contributed by atoms with E-state index in [4.69, 9.17) is 23.0 Å². The Morgan fingerprint density at radius 3 is 2.19 bits per heavy atom. The van der Waals surface area contributed by atoms with E-state index < -0.39 is 20.2 Å². The van der Waals surface area contributed by atoms with Crippen LogP contribution in [0.15, 0.2) is 0 Å².